The highest BCUT2D eigenvalue weighted by molar-refractivity contribution is 5.96. The standard InChI is InChI=1S/C14H10F3N3/c15-14(16,17)9-4-8-6-19-7-12(8)11(5-9)10-2-1-3-20-13(10)18/h1-5,7H,6H2,(H2,18,20). The molecule has 0 spiro atoms. The van der Waals surface area contributed by atoms with Crippen molar-refractivity contribution in [3.05, 3.63) is 47.2 Å². The molecule has 3 rings (SSSR count). The number of fused-ring (bicyclic) bond motifs is 1. The molecule has 6 heteroatoms. The van der Waals surface area contributed by atoms with Crippen molar-refractivity contribution in [1.29, 1.82) is 0 Å². The van der Waals surface area contributed by atoms with Gasteiger partial charge in [0.05, 0.1) is 12.1 Å². The Kier molecular flexibility index (Phi) is 2.74. The molecule has 1 aliphatic rings. The van der Waals surface area contributed by atoms with Crippen LogP contribution in [0.3, 0.4) is 0 Å². The third-order valence-corrected chi connectivity index (χ3v) is 3.20. The number of benzene rings is 1. The lowest BCUT2D eigenvalue weighted by molar-refractivity contribution is -0.137. The molecular weight excluding hydrogens is 267 g/mol. The summed E-state index contributed by atoms with van der Waals surface area (Å²) in [6.45, 7) is 0.256. The Labute approximate surface area is 113 Å². The number of pyridine rings is 1. The molecule has 0 radical (unpaired) electrons. The van der Waals surface area contributed by atoms with E-state index >= 15 is 0 Å². The summed E-state index contributed by atoms with van der Waals surface area (Å²) in [7, 11) is 0. The van der Waals surface area contributed by atoms with Crippen molar-refractivity contribution in [3.63, 3.8) is 0 Å². The van der Waals surface area contributed by atoms with E-state index in [1.807, 2.05) is 0 Å². The van der Waals surface area contributed by atoms with Crippen LogP contribution in [-0.2, 0) is 12.7 Å². The Bertz CT molecular complexity index is 705. The van der Waals surface area contributed by atoms with Gasteiger partial charge in [0.2, 0.25) is 0 Å². The molecule has 0 bridgehead atoms. The van der Waals surface area contributed by atoms with Crippen molar-refractivity contribution in [2.75, 3.05) is 5.73 Å². The molecule has 0 amide bonds. The summed E-state index contributed by atoms with van der Waals surface area (Å²) < 4.78 is 38.9. The van der Waals surface area contributed by atoms with Gasteiger partial charge in [0, 0.05) is 23.5 Å². The topological polar surface area (TPSA) is 51.3 Å². The molecule has 20 heavy (non-hydrogen) atoms. The summed E-state index contributed by atoms with van der Waals surface area (Å²) >= 11 is 0. The van der Waals surface area contributed by atoms with Gasteiger partial charge in [-0.3, -0.25) is 4.99 Å². The molecule has 0 saturated heterocycles. The largest absolute Gasteiger partial charge is 0.416 e. The first-order valence-electron chi connectivity index (χ1n) is 5.91. The second-order valence-electron chi connectivity index (χ2n) is 4.50. The number of nitrogen functional groups attached to an aromatic ring is 1. The second kappa shape index (κ2) is 4.33. The van der Waals surface area contributed by atoms with Crippen LogP contribution in [-0.4, -0.2) is 11.2 Å². The zero-order valence-corrected chi connectivity index (χ0v) is 10.3. The van der Waals surface area contributed by atoms with Gasteiger partial charge in [-0.1, -0.05) is 0 Å². The summed E-state index contributed by atoms with van der Waals surface area (Å²) in [5.74, 6) is 0.203. The number of hydrogen-bond donors (Lipinski definition) is 1. The number of aromatic nitrogens is 1. The minimum absolute atomic E-state index is 0.203. The molecule has 1 aromatic heterocycles. The fourth-order valence-corrected chi connectivity index (χ4v) is 2.26. The predicted octanol–water partition coefficient (Wildman–Crippen LogP) is 3.28. The van der Waals surface area contributed by atoms with Gasteiger partial charge in [-0.25, -0.2) is 4.98 Å². The summed E-state index contributed by atoms with van der Waals surface area (Å²) in [5.41, 5.74) is 7.21. The van der Waals surface area contributed by atoms with Gasteiger partial charge in [-0.05, 0) is 35.4 Å². The fraction of sp³-hybridized carbons (Fsp3) is 0.143. The average molecular weight is 277 g/mol. The highest BCUT2D eigenvalue weighted by atomic mass is 19.4. The second-order valence-corrected chi connectivity index (χ2v) is 4.50. The molecule has 2 N–H and O–H groups in total. The van der Waals surface area contributed by atoms with Crippen molar-refractivity contribution in [1.82, 2.24) is 4.98 Å². The first-order chi connectivity index (χ1) is 9.47. The minimum Gasteiger partial charge on any atom is -0.383 e. The van der Waals surface area contributed by atoms with Gasteiger partial charge in [0.25, 0.3) is 0 Å². The Balaban J connectivity index is 2.27. The Morgan fingerprint density at radius 1 is 1.15 bits per heavy atom. The molecule has 3 nitrogen and oxygen atoms in total. The van der Waals surface area contributed by atoms with Gasteiger partial charge in [-0.2, -0.15) is 13.2 Å². The Hall–Kier alpha value is -2.37. The zero-order valence-electron chi connectivity index (χ0n) is 10.3. The quantitative estimate of drug-likeness (QED) is 0.869. The Morgan fingerprint density at radius 2 is 1.95 bits per heavy atom. The van der Waals surface area contributed by atoms with E-state index in [1.54, 1.807) is 18.3 Å². The minimum atomic E-state index is -4.40. The van der Waals surface area contributed by atoms with Gasteiger partial charge in [0.1, 0.15) is 5.82 Å². The fourth-order valence-electron chi connectivity index (χ4n) is 2.26. The Morgan fingerprint density at radius 3 is 2.65 bits per heavy atom. The van der Waals surface area contributed by atoms with E-state index in [0.29, 0.717) is 22.3 Å². The molecule has 0 unspecified atom stereocenters. The summed E-state index contributed by atoms with van der Waals surface area (Å²) in [4.78, 5) is 7.96. The monoisotopic (exact) mass is 277 g/mol. The van der Waals surface area contributed by atoms with Gasteiger partial charge in [-0.15, -0.1) is 0 Å². The molecule has 0 fully saturated rings. The number of nitrogens with zero attached hydrogens (tertiary/aromatic N) is 2. The van der Waals surface area contributed by atoms with Crippen molar-refractivity contribution < 1.29 is 13.2 Å². The number of alkyl halides is 3. The summed E-state index contributed by atoms with van der Waals surface area (Å²) in [6.07, 6.45) is -1.32. The van der Waals surface area contributed by atoms with Crippen LogP contribution in [0.2, 0.25) is 0 Å². The molecule has 2 aromatic rings. The average Bonchev–Trinajstić information content (AvgIpc) is 2.85. The number of hydrogen-bond acceptors (Lipinski definition) is 3. The lowest BCUT2D eigenvalue weighted by atomic mass is 9.94. The van der Waals surface area contributed by atoms with E-state index in [4.69, 9.17) is 5.73 Å². The molecule has 0 atom stereocenters. The third kappa shape index (κ3) is 2.03. The number of anilines is 1. The van der Waals surface area contributed by atoms with Crippen LogP contribution in [0.15, 0.2) is 35.5 Å². The molecular formula is C14H10F3N3. The van der Waals surface area contributed by atoms with Gasteiger partial charge >= 0.3 is 6.18 Å². The maximum absolute atomic E-state index is 13.0. The first kappa shape index (κ1) is 12.7. The van der Waals surface area contributed by atoms with Crippen LogP contribution in [0.5, 0.6) is 0 Å². The molecule has 0 saturated carbocycles. The highest BCUT2D eigenvalue weighted by Gasteiger charge is 2.32. The van der Waals surface area contributed by atoms with E-state index in [0.717, 1.165) is 12.1 Å². The lowest BCUT2D eigenvalue weighted by Gasteiger charge is -2.14. The van der Waals surface area contributed by atoms with Crippen LogP contribution in [0.25, 0.3) is 11.1 Å². The van der Waals surface area contributed by atoms with E-state index in [-0.39, 0.29) is 12.4 Å². The summed E-state index contributed by atoms with van der Waals surface area (Å²) in [6, 6.07) is 5.54. The predicted molar refractivity (Wildman–Crippen MR) is 70.4 cm³/mol. The molecule has 1 aromatic carbocycles. The normalized spacial score (nSPS) is 13.6. The molecule has 1 aliphatic heterocycles. The van der Waals surface area contributed by atoms with E-state index in [2.05, 4.69) is 9.98 Å². The van der Waals surface area contributed by atoms with E-state index < -0.39 is 11.7 Å². The number of halogens is 3. The van der Waals surface area contributed by atoms with Gasteiger partial charge in [0.15, 0.2) is 0 Å². The van der Waals surface area contributed by atoms with Crippen LogP contribution in [0.1, 0.15) is 16.7 Å². The SMILES string of the molecule is Nc1ncccc1-c1cc(C(F)(F)F)cc2c1C=NC2. The third-order valence-electron chi connectivity index (χ3n) is 3.20. The van der Waals surface area contributed by atoms with Crippen LogP contribution < -0.4 is 5.73 Å². The van der Waals surface area contributed by atoms with Crippen molar-refractivity contribution in [3.8, 4) is 11.1 Å². The van der Waals surface area contributed by atoms with Crippen LogP contribution >= 0.6 is 0 Å². The van der Waals surface area contributed by atoms with Crippen molar-refractivity contribution in [2.45, 2.75) is 12.7 Å². The number of aliphatic imine (C=N–C) groups is 1. The summed E-state index contributed by atoms with van der Waals surface area (Å²) in [5, 5.41) is 0. The maximum atomic E-state index is 13.0. The van der Waals surface area contributed by atoms with Crippen LogP contribution in [0, 0.1) is 0 Å². The highest BCUT2D eigenvalue weighted by Crippen LogP contribution is 2.38. The van der Waals surface area contributed by atoms with Crippen LogP contribution in [0.4, 0.5) is 19.0 Å². The van der Waals surface area contributed by atoms with E-state index in [1.165, 1.54) is 6.20 Å². The van der Waals surface area contributed by atoms with Gasteiger partial charge < -0.3 is 5.73 Å². The number of rotatable bonds is 1. The first-order valence-corrected chi connectivity index (χ1v) is 5.91. The van der Waals surface area contributed by atoms with Crippen molar-refractivity contribution in [2.24, 2.45) is 4.99 Å². The van der Waals surface area contributed by atoms with Crippen molar-refractivity contribution >= 4 is 12.0 Å². The zero-order chi connectivity index (χ0) is 14.3. The number of nitrogens with two attached hydrogens (primary N) is 1. The molecule has 0 aliphatic carbocycles. The molecule has 2 heterocycles. The lowest BCUT2D eigenvalue weighted by Crippen LogP contribution is -2.07. The molecule has 102 valence electrons. The smallest absolute Gasteiger partial charge is 0.383 e. The van der Waals surface area contributed by atoms with E-state index in [9.17, 15) is 13.2 Å². The maximum Gasteiger partial charge on any atom is 0.416 e.